The number of piperidine rings is 1. The largest absolute Gasteiger partial charge is 0.486 e. The number of pyridine rings is 1. The van der Waals surface area contributed by atoms with Gasteiger partial charge in [-0.25, -0.2) is 5.48 Å². The van der Waals surface area contributed by atoms with Crippen molar-refractivity contribution in [3.8, 4) is 5.75 Å². The van der Waals surface area contributed by atoms with Crippen LogP contribution in [0.2, 0.25) is 0 Å². The van der Waals surface area contributed by atoms with Gasteiger partial charge in [-0.05, 0) is 41.5 Å². The Morgan fingerprint density at radius 2 is 2.00 bits per heavy atom. The lowest BCUT2D eigenvalue weighted by Crippen LogP contribution is -2.50. The van der Waals surface area contributed by atoms with Gasteiger partial charge in [-0.1, -0.05) is 6.07 Å². The van der Waals surface area contributed by atoms with Crippen LogP contribution in [0, 0.1) is 0 Å². The molecular weight excluding hydrogens is 370 g/mol. The van der Waals surface area contributed by atoms with E-state index in [1.165, 1.54) is 17.1 Å². The SMILES string of the molecule is O=C(C=Cc1ccc2c(c1)C(=O)CC1(CCN(Cc3ccncc3)CC1)O2)NO. The number of carbonyl (C=O) groups excluding carboxylic acids is 2. The van der Waals surface area contributed by atoms with Crippen molar-refractivity contribution < 1.29 is 19.5 Å². The lowest BCUT2D eigenvalue weighted by atomic mass is 9.82. The molecule has 7 heteroatoms. The van der Waals surface area contributed by atoms with Gasteiger partial charge in [0.1, 0.15) is 11.4 Å². The third kappa shape index (κ3) is 4.36. The summed E-state index contributed by atoms with van der Waals surface area (Å²) in [7, 11) is 0. The smallest absolute Gasteiger partial charge is 0.267 e. The molecule has 1 aromatic carbocycles. The number of nitrogens with one attached hydrogen (secondary N) is 1. The highest BCUT2D eigenvalue weighted by Crippen LogP contribution is 2.40. The maximum absolute atomic E-state index is 12.8. The molecule has 29 heavy (non-hydrogen) atoms. The van der Waals surface area contributed by atoms with E-state index in [0.29, 0.717) is 23.3 Å². The van der Waals surface area contributed by atoms with Crippen LogP contribution in [0.25, 0.3) is 6.08 Å². The Hall–Kier alpha value is -3.03. The van der Waals surface area contributed by atoms with Crippen LogP contribution in [0.1, 0.15) is 40.7 Å². The van der Waals surface area contributed by atoms with E-state index in [4.69, 9.17) is 9.94 Å². The molecule has 7 nitrogen and oxygen atoms in total. The van der Waals surface area contributed by atoms with Crippen molar-refractivity contribution in [3.63, 3.8) is 0 Å². The normalized spacial score (nSPS) is 18.4. The van der Waals surface area contributed by atoms with Crippen LogP contribution in [0.3, 0.4) is 0 Å². The number of hydrogen-bond acceptors (Lipinski definition) is 6. The molecule has 1 spiro atoms. The Morgan fingerprint density at radius 3 is 2.72 bits per heavy atom. The maximum Gasteiger partial charge on any atom is 0.267 e. The predicted octanol–water partition coefficient (Wildman–Crippen LogP) is 2.60. The molecule has 150 valence electrons. The topological polar surface area (TPSA) is 91.8 Å². The summed E-state index contributed by atoms with van der Waals surface area (Å²) in [6.45, 7) is 2.63. The van der Waals surface area contributed by atoms with Crippen molar-refractivity contribution in [1.29, 1.82) is 0 Å². The molecule has 3 heterocycles. The van der Waals surface area contributed by atoms with Gasteiger partial charge in [-0.2, -0.15) is 0 Å². The van der Waals surface area contributed by atoms with Crippen LogP contribution in [0.15, 0.2) is 48.8 Å². The number of nitrogens with zero attached hydrogens (tertiary/aromatic N) is 2. The molecule has 2 aromatic rings. The average molecular weight is 393 g/mol. The Morgan fingerprint density at radius 1 is 1.24 bits per heavy atom. The third-order valence-electron chi connectivity index (χ3n) is 5.57. The number of aromatic nitrogens is 1. The molecule has 4 rings (SSSR count). The molecule has 0 saturated carbocycles. The summed E-state index contributed by atoms with van der Waals surface area (Å²) < 4.78 is 6.33. The van der Waals surface area contributed by atoms with Gasteiger partial charge in [0.2, 0.25) is 0 Å². The number of ketones is 1. The second kappa shape index (κ2) is 8.14. The quantitative estimate of drug-likeness (QED) is 0.471. The monoisotopic (exact) mass is 393 g/mol. The minimum atomic E-state index is -0.622. The number of Topliss-reactive ketones (excluding diaryl/α,β-unsaturated/α-hetero) is 1. The summed E-state index contributed by atoms with van der Waals surface area (Å²) in [5.74, 6) is 0.0473. The number of benzene rings is 1. The molecular formula is C22H23N3O4. The van der Waals surface area contributed by atoms with Crippen LogP contribution < -0.4 is 10.2 Å². The van der Waals surface area contributed by atoms with E-state index in [2.05, 4.69) is 9.88 Å². The highest BCUT2D eigenvalue weighted by atomic mass is 16.5. The zero-order valence-electron chi connectivity index (χ0n) is 16.0. The zero-order valence-corrected chi connectivity index (χ0v) is 16.0. The van der Waals surface area contributed by atoms with Gasteiger partial charge in [0.25, 0.3) is 5.91 Å². The van der Waals surface area contributed by atoms with Crippen molar-refractivity contribution in [2.75, 3.05) is 13.1 Å². The molecule has 0 radical (unpaired) electrons. The minimum absolute atomic E-state index is 0.0655. The number of fused-ring (bicyclic) bond motifs is 1. The number of likely N-dealkylation sites (tertiary alicyclic amines) is 1. The van der Waals surface area contributed by atoms with E-state index in [0.717, 1.165) is 32.5 Å². The van der Waals surface area contributed by atoms with Gasteiger partial charge in [0.15, 0.2) is 5.78 Å². The van der Waals surface area contributed by atoms with Crippen LogP contribution in [-0.4, -0.2) is 45.5 Å². The fraction of sp³-hybridized carbons (Fsp3) is 0.318. The number of ether oxygens (including phenoxy) is 1. The number of amides is 1. The van der Waals surface area contributed by atoms with Gasteiger partial charge in [0.05, 0.1) is 12.0 Å². The van der Waals surface area contributed by atoms with E-state index < -0.39 is 11.5 Å². The van der Waals surface area contributed by atoms with Gasteiger partial charge >= 0.3 is 0 Å². The van der Waals surface area contributed by atoms with E-state index in [9.17, 15) is 9.59 Å². The molecule has 0 bridgehead atoms. The summed E-state index contributed by atoms with van der Waals surface area (Å²) in [5.41, 5.74) is 3.58. The Balaban J connectivity index is 1.43. The van der Waals surface area contributed by atoms with Crippen LogP contribution in [-0.2, 0) is 11.3 Å². The van der Waals surface area contributed by atoms with Gasteiger partial charge < -0.3 is 4.74 Å². The maximum atomic E-state index is 12.8. The lowest BCUT2D eigenvalue weighted by molar-refractivity contribution is -0.124. The molecule has 0 atom stereocenters. The fourth-order valence-electron chi connectivity index (χ4n) is 3.97. The van der Waals surface area contributed by atoms with E-state index >= 15 is 0 Å². The standard InChI is InChI=1S/C22H23N3O4/c26-19-14-22(7-11-25(12-8-22)15-17-5-9-23-10-6-17)29-20-3-1-16(13-18(19)20)2-4-21(27)24-28/h1-6,9-10,13,28H,7-8,11-12,14-15H2,(H,24,27). The minimum Gasteiger partial charge on any atom is -0.486 e. The Labute approximate surface area is 169 Å². The first-order chi connectivity index (χ1) is 14.1. The molecule has 1 aromatic heterocycles. The summed E-state index contributed by atoms with van der Waals surface area (Å²) in [4.78, 5) is 30.4. The van der Waals surface area contributed by atoms with Crippen molar-refractivity contribution in [3.05, 3.63) is 65.5 Å². The van der Waals surface area contributed by atoms with Crippen LogP contribution >= 0.6 is 0 Å². The first-order valence-corrected chi connectivity index (χ1v) is 9.67. The molecule has 2 aliphatic rings. The number of hydrogen-bond donors (Lipinski definition) is 2. The molecule has 1 amide bonds. The van der Waals surface area contributed by atoms with E-state index in [1.807, 2.05) is 12.1 Å². The van der Waals surface area contributed by atoms with E-state index in [1.54, 1.807) is 36.7 Å². The molecule has 1 saturated heterocycles. The van der Waals surface area contributed by atoms with Gasteiger partial charge in [0, 0.05) is 50.9 Å². The molecule has 2 aliphatic heterocycles. The second-order valence-electron chi connectivity index (χ2n) is 7.58. The van der Waals surface area contributed by atoms with Gasteiger partial charge in [-0.15, -0.1) is 0 Å². The van der Waals surface area contributed by atoms with Crippen molar-refractivity contribution in [2.45, 2.75) is 31.4 Å². The first kappa shape index (κ1) is 19.3. The summed E-state index contributed by atoms with van der Waals surface area (Å²) >= 11 is 0. The van der Waals surface area contributed by atoms with Crippen molar-refractivity contribution in [1.82, 2.24) is 15.4 Å². The Bertz CT molecular complexity index is 934. The fourth-order valence-corrected chi connectivity index (χ4v) is 3.97. The summed E-state index contributed by atoms with van der Waals surface area (Å²) in [6.07, 6.45) is 8.34. The van der Waals surface area contributed by atoms with Crippen molar-refractivity contribution >= 4 is 17.8 Å². The average Bonchev–Trinajstić information content (AvgIpc) is 2.75. The Kier molecular flexibility index (Phi) is 5.42. The molecule has 1 fully saturated rings. The van der Waals surface area contributed by atoms with Crippen LogP contribution in [0.5, 0.6) is 5.75 Å². The highest BCUT2D eigenvalue weighted by Gasteiger charge is 2.42. The summed E-state index contributed by atoms with van der Waals surface area (Å²) in [6, 6.07) is 9.36. The highest BCUT2D eigenvalue weighted by molar-refractivity contribution is 6.01. The molecule has 0 aliphatic carbocycles. The molecule has 2 N–H and O–H groups in total. The van der Waals surface area contributed by atoms with Gasteiger partial charge in [-0.3, -0.25) is 24.7 Å². The number of rotatable bonds is 4. The van der Waals surface area contributed by atoms with Crippen molar-refractivity contribution in [2.24, 2.45) is 0 Å². The predicted molar refractivity (Wildman–Crippen MR) is 106 cm³/mol. The third-order valence-corrected chi connectivity index (χ3v) is 5.57. The zero-order chi connectivity index (χ0) is 20.3. The van der Waals surface area contributed by atoms with Crippen LogP contribution in [0.4, 0.5) is 0 Å². The molecule has 0 unspecified atom stereocenters. The number of carbonyl (C=O) groups is 2. The lowest BCUT2D eigenvalue weighted by Gasteiger charge is -2.44. The summed E-state index contributed by atoms with van der Waals surface area (Å²) in [5, 5.41) is 8.56. The second-order valence-corrected chi connectivity index (χ2v) is 7.58. The first-order valence-electron chi connectivity index (χ1n) is 9.67. The number of hydroxylamine groups is 1. The van der Waals surface area contributed by atoms with E-state index in [-0.39, 0.29) is 5.78 Å².